The number of halogens is 1. The van der Waals surface area contributed by atoms with Crippen LogP contribution in [0.3, 0.4) is 0 Å². The van der Waals surface area contributed by atoms with E-state index in [0.717, 1.165) is 5.69 Å². The third-order valence-electron chi connectivity index (χ3n) is 3.60. The molecule has 1 atom stereocenters. The fraction of sp³-hybridized carbons (Fsp3) is 0.235. The number of rotatable bonds is 6. The van der Waals surface area contributed by atoms with Crippen molar-refractivity contribution in [3.63, 3.8) is 0 Å². The van der Waals surface area contributed by atoms with E-state index in [0.29, 0.717) is 16.3 Å². The highest BCUT2D eigenvalue weighted by atomic mass is 32.2. The molecule has 0 fully saturated rings. The predicted octanol–water partition coefficient (Wildman–Crippen LogP) is 2.48. The summed E-state index contributed by atoms with van der Waals surface area (Å²) in [7, 11) is -1.34. The summed E-state index contributed by atoms with van der Waals surface area (Å²) in [5.74, 6) is -0.550. The largest absolute Gasteiger partial charge is 0.326 e. The summed E-state index contributed by atoms with van der Waals surface area (Å²) in [6.07, 6.45) is 0.0302. The van der Waals surface area contributed by atoms with Gasteiger partial charge < -0.3 is 5.32 Å². The molecule has 3 rings (SSSR count). The monoisotopic (exact) mass is 393 g/mol. The summed E-state index contributed by atoms with van der Waals surface area (Å²) < 4.78 is 26.8. The van der Waals surface area contributed by atoms with Crippen molar-refractivity contribution < 1.29 is 13.4 Å². The zero-order valence-corrected chi connectivity index (χ0v) is 15.5. The van der Waals surface area contributed by atoms with Gasteiger partial charge in [-0.2, -0.15) is 0 Å². The van der Waals surface area contributed by atoms with Crippen LogP contribution in [0.25, 0.3) is 4.96 Å². The minimum atomic E-state index is -1.34. The third-order valence-corrected chi connectivity index (χ3v) is 5.82. The first-order chi connectivity index (χ1) is 12.4. The number of hydrogen-bond acceptors (Lipinski definition) is 5. The lowest BCUT2D eigenvalue weighted by molar-refractivity contribution is -0.115. The van der Waals surface area contributed by atoms with Crippen molar-refractivity contribution >= 4 is 38.7 Å². The number of benzene rings is 1. The Hall–Kier alpha value is -2.39. The summed E-state index contributed by atoms with van der Waals surface area (Å²) in [6.45, 7) is 1.82. The molecule has 0 bridgehead atoms. The molecule has 6 nitrogen and oxygen atoms in total. The normalized spacial score (nSPS) is 12.2. The molecule has 136 valence electrons. The standard InChI is InChI=1S/C17H16FN3O3S2/c1-11-9-25-17-20-14(8-16(23)21(11)17)10-26(24)6-5-15(22)19-13-4-2-3-12(18)7-13/h2-4,7-9H,5-6,10H2,1H3,(H,19,22)/t26-/m1/s1. The number of thiazole rings is 1. The number of carbonyl (C=O) groups is 1. The Morgan fingerprint density at radius 3 is 2.96 bits per heavy atom. The van der Waals surface area contributed by atoms with Crippen LogP contribution in [-0.2, 0) is 21.3 Å². The summed E-state index contributed by atoms with van der Waals surface area (Å²) in [5, 5.41) is 4.39. The summed E-state index contributed by atoms with van der Waals surface area (Å²) in [5.41, 5.74) is 1.41. The Bertz CT molecular complexity index is 1050. The highest BCUT2D eigenvalue weighted by Gasteiger charge is 2.11. The molecule has 0 unspecified atom stereocenters. The molecule has 0 spiro atoms. The van der Waals surface area contributed by atoms with Crippen LogP contribution in [0.2, 0.25) is 0 Å². The number of carbonyl (C=O) groups excluding carboxylic acids is 1. The molecule has 0 aliphatic carbocycles. The second-order valence-electron chi connectivity index (χ2n) is 5.68. The van der Waals surface area contributed by atoms with Crippen LogP contribution in [0.1, 0.15) is 17.8 Å². The van der Waals surface area contributed by atoms with Gasteiger partial charge in [0.25, 0.3) is 5.56 Å². The molecule has 0 radical (unpaired) electrons. The third kappa shape index (κ3) is 4.41. The Kier molecular flexibility index (Phi) is 5.58. The number of hydrogen-bond donors (Lipinski definition) is 1. The Balaban J connectivity index is 1.57. The Morgan fingerprint density at radius 2 is 2.19 bits per heavy atom. The lowest BCUT2D eigenvalue weighted by Crippen LogP contribution is -2.18. The van der Waals surface area contributed by atoms with Gasteiger partial charge in [0.05, 0.1) is 11.4 Å². The average molecular weight is 393 g/mol. The molecule has 9 heteroatoms. The molecule has 2 heterocycles. The first-order valence-electron chi connectivity index (χ1n) is 7.79. The van der Waals surface area contributed by atoms with Crippen molar-refractivity contribution in [2.24, 2.45) is 0 Å². The van der Waals surface area contributed by atoms with E-state index in [-0.39, 0.29) is 29.4 Å². The van der Waals surface area contributed by atoms with Crippen LogP contribution in [0, 0.1) is 12.7 Å². The number of aromatic nitrogens is 2. The van der Waals surface area contributed by atoms with Crippen LogP contribution in [-0.4, -0.2) is 25.3 Å². The number of nitrogens with zero attached hydrogens (tertiary/aromatic N) is 2. The van der Waals surface area contributed by atoms with Crippen LogP contribution in [0.5, 0.6) is 0 Å². The average Bonchev–Trinajstić information content (AvgIpc) is 2.94. The lowest BCUT2D eigenvalue weighted by atomic mass is 10.3. The van der Waals surface area contributed by atoms with E-state index in [1.165, 1.54) is 40.0 Å². The predicted molar refractivity (Wildman–Crippen MR) is 100 cm³/mol. The van der Waals surface area contributed by atoms with E-state index in [1.807, 2.05) is 12.3 Å². The molecule has 2 aromatic heterocycles. The number of aryl methyl sites for hydroxylation is 1. The van der Waals surface area contributed by atoms with Gasteiger partial charge in [-0.05, 0) is 25.1 Å². The second kappa shape index (κ2) is 7.88. The van der Waals surface area contributed by atoms with Gasteiger partial charge >= 0.3 is 0 Å². The highest BCUT2D eigenvalue weighted by molar-refractivity contribution is 7.84. The number of nitrogens with one attached hydrogen (secondary N) is 1. The van der Waals surface area contributed by atoms with E-state index in [9.17, 15) is 18.2 Å². The fourth-order valence-corrected chi connectivity index (χ4v) is 4.33. The molecule has 0 aliphatic heterocycles. The zero-order valence-electron chi connectivity index (χ0n) is 13.9. The lowest BCUT2D eigenvalue weighted by Gasteiger charge is -2.06. The summed E-state index contributed by atoms with van der Waals surface area (Å²) >= 11 is 1.35. The van der Waals surface area contributed by atoms with Crippen molar-refractivity contribution in [3.8, 4) is 0 Å². The van der Waals surface area contributed by atoms with E-state index < -0.39 is 16.6 Å². The van der Waals surface area contributed by atoms with Crippen molar-refractivity contribution in [3.05, 3.63) is 63.3 Å². The van der Waals surface area contributed by atoms with Crippen LogP contribution < -0.4 is 10.9 Å². The van der Waals surface area contributed by atoms with E-state index in [2.05, 4.69) is 10.3 Å². The highest BCUT2D eigenvalue weighted by Crippen LogP contribution is 2.13. The Labute approximate surface area is 155 Å². The zero-order chi connectivity index (χ0) is 18.7. The smallest absolute Gasteiger partial charge is 0.258 e. The number of fused-ring (bicyclic) bond motifs is 1. The van der Waals surface area contributed by atoms with Gasteiger partial charge in [-0.25, -0.2) is 9.37 Å². The molecule has 1 amide bonds. The van der Waals surface area contributed by atoms with E-state index in [4.69, 9.17) is 0 Å². The van der Waals surface area contributed by atoms with Crippen LogP contribution in [0.4, 0.5) is 10.1 Å². The summed E-state index contributed by atoms with van der Waals surface area (Å²) in [6, 6.07) is 6.94. The van der Waals surface area contributed by atoms with Crippen molar-refractivity contribution in [1.29, 1.82) is 0 Å². The molecule has 3 aromatic rings. The Morgan fingerprint density at radius 1 is 1.38 bits per heavy atom. The molecule has 0 aliphatic rings. The van der Waals surface area contributed by atoms with E-state index in [1.54, 1.807) is 6.07 Å². The van der Waals surface area contributed by atoms with E-state index >= 15 is 0 Å². The minimum Gasteiger partial charge on any atom is -0.326 e. The maximum absolute atomic E-state index is 13.1. The number of amides is 1. The topological polar surface area (TPSA) is 80.5 Å². The molecule has 1 N–H and O–H groups in total. The quantitative estimate of drug-likeness (QED) is 0.698. The molecule has 0 saturated carbocycles. The molecular weight excluding hydrogens is 377 g/mol. The van der Waals surface area contributed by atoms with Gasteiger partial charge in [0, 0.05) is 45.8 Å². The maximum Gasteiger partial charge on any atom is 0.258 e. The minimum absolute atomic E-state index is 0.0302. The maximum atomic E-state index is 13.1. The van der Waals surface area contributed by atoms with Gasteiger partial charge in [0.15, 0.2) is 4.96 Å². The van der Waals surface area contributed by atoms with Crippen molar-refractivity contribution in [1.82, 2.24) is 9.38 Å². The molecular formula is C17H16FN3O3S2. The van der Waals surface area contributed by atoms with Gasteiger partial charge in [0.2, 0.25) is 5.91 Å². The summed E-state index contributed by atoms with van der Waals surface area (Å²) in [4.78, 5) is 28.9. The molecule has 26 heavy (non-hydrogen) atoms. The van der Waals surface area contributed by atoms with Gasteiger partial charge in [-0.3, -0.25) is 18.2 Å². The SMILES string of the molecule is Cc1csc2nc(C[S@](=O)CCC(=O)Nc3cccc(F)c3)cc(=O)n12. The first-order valence-corrected chi connectivity index (χ1v) is 10.2. The first kappa shape index (κ1) is 18.4. The number of anilines is 1. The van der Waals surface area contributed by atoms with Crippen molar-refractivity contribution in [2.45, 2.75) is 19.1 Å². The van der Waals surface area contributed by atoms with Crippen LogP contribution in [0.15, 0.2) is 40.5 Å². The van der Waals surface area contributed by atoms with Gasteiger partial charge in [0.1, 0.15) is 5.82 Å². The molecule has 0 saturated heterocycles. The fourth-order valence-electron chi connectivity index (χ4n) is 2.41. The van der Waals surface area contributed by atoms with Gasteiger partial charge in [-0.1, -0.05) is 6.07 Å². The van der Waals surface area contributed by atoms with Crippen molar-refractivity contribution in [2.75, 3.05) is 11.1 Å². The second-order valence-corrected chi connectivity index (χ2v) is 8.09. The van der Waals surface area contributed by atoms with Gasteiger partial charge in [-0.15, -0.1) is 11.3 Å². The van der Waals surface area contributed by atoms with Crippen LogP contribution >= 0.6 is 11.3 Å². The molecule has 1 aromatic carbocycles.